The fraction of sp³-hybridized carbons (Fsp3) is 0.417. The predicted molar refractivity (Wildman–Crippen MR) is 130 cm³/mol. The molecule has 2 aliphatic heterocycles. The second kappa shape index (κ2) is 9.13. The number of aromatic nitrogens is 1. The van der Waals surface area contributed by atoms with Crippen LogP contribution < -0.4 is 0 Å². The van der Waals surface area contributed by atoms with Crippen molar-refractivity contribution in [1.29, 1.82) is 0 Å². The minimum atomic E-state index is -3.68. The predicted octanol–water partition coefficient (Wildman–Crippen LogP) is 3.10. The number of sulfonamides is 1. The van der Waals surface area contributed by atoms with Gasteiger partial charge in [-0.15, -0.1) is 11.3 Å². The van der Waals surface area contributed by atoms with E-state index in [4.69, 9.17) is 4.98 Å². The molecule has 3 heterocycles. The molecule has 5 rings (SSSR count). The van der Waals surface area contributed by atoms with Crippen LogP contribution >= 0.6 is 11.3 Å². The van der Waals surface area contributed by atoms with Crippen LogP contribution in [0.2, 0.25) is 0 Å². The van der Waals surface area contributed by atoms with E-state index in [9.17, 15) is 13.2 Å². The van der Waals surface area contributed by atoms with Crippen LogP contribution in [0.3, 0.4) is 0 Å². The van der Waals surface area contributed by atoms with Gasteiger partial charge in [-0.1, -0.05) is 29.8 Å². The molecule has 0 radical (unpaired) electrons. The Morgan fingerprint density at radius 1 is 1.03 bits per heavy atom. The molecule has 1 atom stereocenters. The number of thiazole rings is 1. The Bertz CT molecular complexity index is 1220. The van der Waals surface area contributed by atoms with Crippen molar-refractivity contribution in [2.24, 2.45) is 0 Å². The number of piperazine rings is 1. The molecule has 1 amide bonds. The maximum Gasteiger partial charge on any atom is 0.243 e. The molecule has 2 fully saturated rings. The number of aryl methyl sites for hydroxylation is 1. The second-order valence-corrected chi connectivity index (χ2v) is 11.8. The highest BCUT2D eigenvalue weighted by Gasteiger charge is 2.41. The molecule has 9 heteroatoms. The first-order valence-electron chi connectivity index (χ1n) is 11.4. The molecule has 33 heavy (non-hydrogen) atoms. The fourth-order valence-corrected chi connectivity index (χ4v) is 7.30. The Balaban J connectivity index is 1.22. The van der Waals surface area contributed by atoms with Gasteiger partial charge in [-0.3, -0.25) is 9.69 Å². The molecular formula is C24H28N4O3S2. The van der Waals surface area contributed by atoms with Gasteiger partial charge in [-0.05, 0) is 44.0 Å². The molecule has 174 valence electrons. The van der Waals surface area contributed by atoms with Crippen LogP contribution in [-0.4, -0.2) is 72.2 Å². The van der Waals surface area contributed by atoms with Crippen LogP contribution in [-0.2, 0) is 21.4 Å². The maximum atomic E-state index is 13.3. The quantitative estimate of drug-likeness (QED) is 0.556. The highest BCUT2D eigenvalue weighted by molar-refractivity contribution is 7.89. The largest absolute Gasteiger partial charge is 0.339 e. The van der Waals surface area contributed by atoms with E-state index in [1.807, 2.05) is 30.0 Å². The highest BCUT2D eigenvalue weighted by Crippen LogP contribution is 2.28. The zero-order chi connectivity index (χ0) is 23.0. The minimum absolute atomic E-state index is 0.0668. The van der Waals surface area contributed by atoms with Crippen LogP contribution in [0, 0.1) is 6.92 Å². The van der Waals surface area contributed by atoms with E-state index in [-0.39, 0.29) is 10.8 Å². The summed E-state index contributed by atoms with van der Waals surface area (Å²) in [4.78, 5) is 22.4. The molecular weight excluding hydrogens is 456 g/mol. The lowest BCUT2D eigenvalue weighted by Crippen LogP contribution is -2.54. The van der Waals surface area contributed by atoms with E-state index < -0.39 is 16.1 Å². The second-order valence-electron chi connectivity index (χ2n) is 8.76. The smallest absolute Gasteiger partial charge is 0.243 e. The summed E-state index contributed by atoms with van der Waals surface area (Å²) in [6.45, 7) is 5.84. The van der Waals surface area contributed by atoms with Crippen molar-refractivity contribution in [3.8, 4) is 0 Å². The third-order valence-electron chi connectivity index (χ3n) is 6.50. The van der Waals surface area contributed by atoms with E-state index in [0.29, 0.717) is 32.5 Å². The molecule has 0 unspecified atom stereocenters. The van der Waals surface area contributed by atoms with Crippen LogP contribution in [0.25, 0.3) is 10.2 Å². The summed E-state index contributed by atoms with van der Waals surface area (Å²) in [6.07, 6.45) is 1.29. The lowest BCUT2D eigenvalue weighted by Gasteiger charge is -2.36. The average molecular weight is 485 g/mol. The van der Waals surface area contributed by atoms with Crippen LogP contribution in [0.5, 0.6) is 0 Å². The topological polar surface area (TPSA) is 73.8 Å². The third kappa shape index (κ3) is 4.55. The van der Waals surface area contributed by atoms with Gasteiger partial charge in [-0.25, -0.2) is 13.4 Å². The Morgan fingerprint density at radius 2 is 1.76 bits per heavy atom. The summed E-state index contributed by atoms with van der Waals surface area (Å²) in [7, 11) is -3.68. The number of nitrogens with zero attached hydrogens (tertiary/aromatic N) is 4. The molecule has 3 aromatic rings. The summed E-state index contributed by atoms with van der Waals surface area (Å²) < 4.78 is 29.0. The van der Waals surface area contributed by atoms with Gasteiger partial charge in [0.2, 0.25) is 15.9 Å². The number of rotatable bonds is 5. The lowest BCUT2D eigenvalue weighted by molar-refractivity contribution is -0.136. The monoisotopic (exact) mass is 484 g/mol. The zero-order valence-electron chi connectivity index (χ0n) is 18.7. The lowest BCUT2D eigenvalue weighted by atomic mass is 10.2. The summed E-state index contributed by atoms with van der Waals surface area (Å²) in [5.74, 6) is -0.0668. The first-order valence-corrected chi connectivity index (χ1v) is 13.6. The molecule has 0 bridgehead atoms. The molecule has 2 saturated heterocycles. The number of hydrogen-bond donors (Lipinski definition) is 0. The van der Waals surface area contributed by atoms with Gasteiger partial charge >= 0.3 is 0 Å². The van der Waals surface area contributed by atoms with E-state index in [1.165, 1.54) is 9.01 Å². The molecule has 0 N–H and O–H groups in total. The Hall–Kier alpha value is -2.33. The summed E-state index contributed by atoms with van der Waals surface area (Å²) in [5, 5.41) is 1.09. The van der Waals surface area contributed by atoms with Crippen LogP contribution in [0.15, 0.2) is 53.4 Å². The number of hydrogen-bond acceptors (Lipinski definition) is 6. The van der Waals surface area contributed by atoms with Crippen LogP contribution in [0.1, 0.15) is 23.4 Å². The van der Waals surface area contributed by atoms with Crippen molar-refractivity contribution in [3.63, 3.8) is 0 Å². The number of fused-ring (bicyclic) bond motifs is 1. The number of benzene rings is 2. The van der Waals surface area contributed by atoms with Gasteiger partial charge in [0.05, 0.1) is 21.7 Å². The molecule has 1 aromatic heterocycles. The van der Waals surface area contributed by atoms with Crippen molar-refractivity contribution in [2.45, 2.75) is 37.2 Å². The van der Waals surface area contributed by atoms with Gasteiger partial charge in [0.1, 0.15) is 11.0 Å². The van der Waals surface area contributed by atoms with E-state index in [1.54, 1.807) is 35.6 Å². The first kappa shape index (κ1) is 22.5. The molecule has 2 aliphatic rings. The Labute approximate surface area is 198 Å². The van der Waals surface area contributed by atoms with E-state index in [2.05, 4.69) is 11.0 Å². The van der Waals surface area contributed by atoms with Crippen molar-refractivity contribution < 1.29 is 13.2 Å². The summed E-state index contributed by atoms with van der Waals surface area (Å²) >= 11 is 1.71. The van der Waals surface area contributed by atoms with Crippen molar-refractivity contribution in [3.05, 3.63) is 59.1 Å². The Morgan fingerprint density at radius 3 is 2.48 bits per heavy atom. The molecule has 2 aromatic carbocycles. The number of para-hydroxylation sites is 1. The zero-order valence-corrected chi connectivity index (χ0v) is 20.3. The van der Waals surface area contributed by atoms with Crippen molar-refractivity contribution >= 4 is 37.5 Å². The number of carbonyl (C=O) groups is 1. The van der Waals surface area contributed by atoms with Crippen molar-refractivity contribution in [2.75, 3.05) is 32.7 Å². The standard InChI is InChI=1S/C24H28N4O3S2/c1-18-8-10-19(11-9-18)33(30,31)28-12-4-6-21(28)24(29)27-15-13-26(14-16-27)17-23-25-20-5-2-3-7-22(20)32-23/h2-3,5,7-11,21H,4,6,12-17H2,1H3/t21-/m0/s1. The normalized spacial score (nSPS) is 20.5. The molecule has 0 spiro atoms. The van der Waals surface area contributed by atoms with E-state index >= 15 is 0 Å². The van der Waals surface area contributed by atoms with Gasteiger partial charge in [0.15, 0.2) is 0 Å². The summed E-state index contributed by atoms with van der Waals surface area (Å²) in [5.41, 5.74) is 2.04. The van der Waals surface area contributed by atoms with Crippen LogP contribution in [0.4, 0.5) is 0 Å². The first-order chi connectivity index (χ1) is 15.9. The number of amides is 1. The van der Waals surface area contributed by atoms with Gasteiger partial charge in [0, 0.05) is 32.7 Å². The van der Waals surface area contributed by atoms with Gasteiger partial charge in [-0.2, -0.15) is 4.31 Å². The van der Waals surface area contributed by atoms with Gasteiger partial charge < -0.3 is 4.90 Å². The molecule has 0 aliphatic carbocycles. The molecule has 7 nitrogen and oxygen atoms in total. The minimum Gasteiger partial charge on any atom is -0.339 e. The third-order valence-corrected chi connectivity index (χ3v) is 9.44. The van der Waals surface area contributed by atoms with E-state index in [0.717, 1.165) is 35.7 Å². The average Bonchev–Trinajstić information content (AvgIpc) is 3.47. The highest BCUT2D eigenvalue weighted by atomic mass is 32.2. The van der Waals surface area contributed by atoms with Gasteiger partial charge in [0.25, 0.3) is 0 Å². The fourth-order valence-electron chi connectivity index (χ4n) is 4.64. The SMILES string of the molecule is Cc1ccc(S(=O)(=O)N2CCC[C@H]2C(=O)N2CCN(Cc3nc4ccccc4s3)CC2)cc1. The summed E-state index contributed by atoms with van der Waals surface area (Å²) in [6, 6.07) is 14.4. The maximum absolute atomic E-state index is 13.3. The number of carbonyl (C=O) groups excluding carboxylic acids is 1. The molecule has 0 saturated carbocycles. The Kier molecular flexibility index (Phi) is 6.22. The van der Waals surface area contributed by atoms with Crippen molar-refractivity contribution in [1.82, 2.24) is 19.1 Å².